The number of nitrogens with two attached hydrogens (primary N) is 1. The molecule has 3 aromatic rings. The zero-order valence-corrected chi connectivity index (χ0v) is 18.6. The van der Waals surface area contributed by atoms with Crippen LogP contribution in [0.3, 0.4) is 0 Å². The van der Waals surface area contributed by atoms with Crippen molar-refractivity contribution in [3.05, 3.63) is 54.5 Å². The second-order valence-electron chi connectivity index (χ2n) is 8.48. The maximum absolute atomic E-state index is 12.7. The highest BCUT2D eigenvalue weighted by Gasteiger charge is 2.41. The van der Waals surface area contributed by atoms with Gasteiger partial charge in [0.25, 0.3) is 0 Å². The molecular formula is C24H25F3N4O3. The maximum atomic E-state index is 12.7. The van der Waals surface area contributed by atoms with Gasteiger partial charge in [0, 0.05) is 30.6 Å². The van der Waals surface area contributed by atoms with Crippen LogP contribution in [0.2, 0.25) is 0 Å². The number of benzene rings is 1. The molecule has 10 heteroatoms. The lowest BCUT2D eigenvalue weighted by Crippen LogP contribution is -2.45. The molecule has 0 unspecified atom stereocenters. The maximum Gasteiger partial charge on any atom is 0.434 e. The molecule has 1 aliphatic rings. The Hall–Kier alpha value is -3.40. The summed E-state index contributed by atoms with van der Waals surface area (Å²) in [5.74, 6) is 0.482. The van der Waals surface area contributed by atoms with Crippen LogP contribution in [-0.4, -0.2) is 40.7 Å². The number of primary amides is 1. The standard InChI is InChI=1S/C24H25F3N4O3/c1-33-14-23(22(28)32)10-8-18(9-11-23)34-17-5-2-15(3-6-17)19-7-4-16(12-29-19)21-30-13-20(31-21)24(25,26)27/h2-7,12-13,18H,8-11,14H2,1H3,(H2,28,32)(H,30,31)/t18-,23-. The molecule has 1 fully saturated rings. The first-order valence-corrected chi connectivity index (χ1v) is 10.9. The Labute approximate surface area is 194 Å². The number of aromatic amines is 1. The molecule has 3 N–H and O–H groups in total. The Kier molecular flexibility index (Phi) is 6.60. The second kappa shape index (κ2) is 9.46. The van der Waals surface area contributed by atoms with Crippen molar-refractivity contribution < 1.29 is 27.4 Å². The number of H-pyrrole nitrogens is 1. The fourth-order valence-corrected chi connectivity index (χ4v) is 4.22. The van der Waals surface area contributed by atoms with Gasteiger partial charge in [-0.2, -0.15) is 13.2 Å². The van der Waals surface area contributed by atoms with E-state index in [4.69, 9.17) is 15.2 Å². The largest absolute Gasteiger partial charge is 0.490 e. The van der Waals surface area contributed by atoms with Crippen molar-refractivity contribution in [3.8, 4) is 28.4 Å². The molecular weight excluding hydrogens is 449 g/mol. The summed E-state index contributed by atoms with van der Waals surface area (Å²) in [6.07, 6.45) is 0.455. The highest BCUT2D eigenvalue weighted by Crippen LogP contribution is 2.38. The monoisotopic (exact) mass is 474 g/mol. The molecule has 1 aliphatic carbocycles. The lowest BCUT2D eigenvalue weighted by atomic mass is 9.73. The minimum absolute atomic E-state index is 0.0116. The molecule has 1 aromatic carbocycles. The molecule has 2 aromatic heterocycles. The quantitative estimate of drug-likeness (QED) is 0.521. The molecule has 0 saturated heterocycles. The van der Waals surface area contributed by atoms with E-state index in [0.29, 0.717) is 49.3 Å². The first kappa shape index (κ1) is 23.7. The van der Waals surface area contributed by atoms with Crippen molar-refractivity contribution in [2.24, 2.45) is 11.1 Å². The van der Waals surface area contributed by atoms with Crippen LogP contribution in [0, 0.1) is 5.41 Å². The fourth-order valence-electron chi connectivity index (χ4n) is 4.22. The van der Waals surface area contributed by atoms with E-state index in [1.54, 1.807) is 19.2 Å². The number of aromatic nitrogens is 3. The summed E-state index contributed by atoms with van der Waals surface area (Å²) in [5.41, 5.74) is 5.97. The van der Waals surface area contributed by atoms with E-state index in [-0.39, 0.29) is 17.8 Å². The number of carbonyl (C=O) groups excluding carboxylic acids is 1. The van der Waals surface area contributed by atoms with E-state index in [0.717, 1.165) is 11.8 Å². The zero-order valence-electron chi connectivity index (χ0n) is 18.6. The number of halogens is 3. The molecule has 4 rings (SSSR count). The zero-order chi connectivity index (χ0) is 24.3. The third-order valence-electron chi connectivity index (χ3n) is 6.19. The Balaban J connectivity index is 1.38. The van der Waals surface area contributed by atoms with Gasteiger partial charge in [-0.05, 0) is 62.1 Å². The van der Waals surface area contributed by atoms with Crippen LogP contribution in [0.25, 0.3) is 22.6 Å². The van der Waals surface area contributed by atoms with Crippen LogP contribution in [0.4, 0.5) is 13.2 Å². The number of rotatable bonds is 7. The molecule has 1 amide bonds. The SMILES string of the molecule is COC[C@]1(C(N)=O)CC[C@H](Oc2ccc(-c3ccc(-c4nc(C(F)(F)F)c[nH]4)cn3)cc2)CC1. The number of hydrogen-bond acceptors (Lipinski definition) is 5. The third kappa shape index (κ3) is 5.06. The van der Waals surface area contributed by atoms with Gasteiger partial charge in [0.2, 0.25) is 5.91 Å². The van der Waals surface area contributed by atoms with Gasteiger partial charge >= 0.3 is 6.18 Å². The number of methoxy groups -OCH3 is 1. The summed E-state index contributed by atoms with van der Waals surface area (Å²) in [6.45, 7) is 0.318. The first-order chi connectivity index (χ1) is 16.2. The molecule has 0 spiro atoms. The fraction of sp³-hybridized carbons (Fsp3) is 0.375. The summed E-state index contributed by atoms with van der Waals surface area (Å²) in [4.78, 5) is 22.4. The Morgan fingerprint density at radius 3 is 2.35 bits per heavy atom. The predicted molar refractivity (Wildman–Crippen MR) is 119 cm³/mol. The van der Waals surface area contributed by atoms with Gasteiger partial charge in [-0.3, -0.25) is 9.78 Å². The number of pyridine rings is 1. The highest BCUT2D eigenvalue weighted by molar-refractivity contribution is 5.81. The summed E-state index contributed by atoms with van der Waals surface area (Å²) >= 11 is 0. The van der Waals surface area contributed by atoms with Crippen molar-refractivity contribution in [1.29, 1.82) is 0 Å². The summed E-state index contributed by atoms with van der Waals surface area (Å²) < 4.78 is 49.5. The lowest BCUT2D eigenvalue weighted by Gasteiger charge is -2.37. The molecule has 34 heavy (non-hydrogen) atoms. The average Bonchev–Trinajstić information content (AvgIpc) is 3.32. The molecule has 7 nitrogen and oxygen atoms in total. The van der Waals surface area contributed by atoms with E-state index in [1.165, 1.54) is 6.20 Å². The number of nitrogens with zero attached hydrogens (tertiary/aromatic N) is 2. The van der Waals surface area contributed by atoms with Crippen molar-refractivity contribution in [3.63, 3.8) is 0 Å². The number of alkyl halides is 3. The topological polar surface area (TPSA) is 103 Å². The minimum atomic E-state index is -4.50. The van der Waals surface area contributed by atoms with E-state index < -0.39 is 17.3 Å². The second-order valence-corrected chi connectivity index (χ2v) is 8.48. The lowest BCUT2D eigenvalue weighted by molar-refractivity contribution is -0.140. The van der Waals surface area contributed by atoms with Crippen LogP contribution in [0.15, 0.2) is 48.8 Å². The van der Waals surface area contributed by atoms with Gasteiger partial charge in [0.1, 0.15) is 11.6 Å². The molecule has 1 saturated carbocycles. The number of nitrogens with one attached hydrogen (secondary N) is 1. The number of amides is 1. The van der Waals surface area contributed by atoms with Crippen LogP contribution in [-0.2, 0) is 15.7 Å². The average molecular weight is 474 g/mol. The number of hydrogen-bond donors (Lipinski definition) is 2. The van der Waals surface area contributed by atoms with Crippen LogP contribution in [0.1, 0.15) is 31.4 Å². The Morgan fingerprint density at radius 2 is 1.82 bits per heavy atom. The Morgan fingerprint density at radius 1 is 1.15 bits per heavy atom. The predicted octanol–water partition coefficient (Wildman–Crippen LogP) is 4.60. The summed E-state index contributed by atoms with van der Waals surface area (Å²) in [5, 5.41) is 0. The van der Waals surface area contributed by atoms with Crippen molar-refractivity contribution >= 4 is 5.91 Å². The number of carbonyl (C=O) groups is 1. The van der Waals surface area contributed by atoms with E-state index in [2.05, 4.69) is 15.0 Å². The van der Waals surface area contributed by atoms with Gasteiger partial charge < -0.3 is 20.2 Å². The van der Waals surface area contributed by atoms with E-state index >= 15 is 0 Å². The number of imidazole rings is 1. The van der Waals surface area contributed by atoms with Crippen molar-refractivity contribution in [2.45, 2.75) is 38.0 Å². The van der Waals surface area contributed by atoms with Crippen LogP contribution < -0.4 is 10.5 Å². The van der Waals surface area contributed by atoms with E-state index in [1.807, 2.05) is 24.3 Å². The van der Waals surface area contributed by atoms with Gasteiger partial charge in [0.05, 0.1) is 23.8 Å². The molecule has 2 heterocycles. The molecule has 0 atom stereocenters. The molecule has 0 aliphatic heterocycles. The van der Waals surface area contributed by atoms with Crippen LogP contribution >= 0.6 is 0 Å². The molecule has 0 bridgehead atoms. The van der Waals surface area contributed by atoms with Gasteiger partial charge in [-0.25, -0.2) is 4.98 Å². The van der Waals surface area contributed by atoms with Gasteiger partial charge in [0.15, 0.2) is 5.69 Å². The van der Waals surface area contributed by atoms with Crippen molar-refractivity contribution in [2.75, 3.05) is 13.7 Å². The summed E-state index contributed by atoms with van der Waals surface area (Å²) in [6, 6.07) is 10.8. The molecule has 0 radical (unpaired) electrons. The number of ether oxygens (including phenoxy) is 2. The highest BCUT2D eigenvalue weighted by atomic mass is 19.4. The minimum Gasteiger partial charge on any atom is -0.490 e. The first-order valence-electron chi connectivity index (χ1n) is 10.9. The van der Waals surface area contributed by atoms with Gasteiger partial charge in [-0.15, -0.1) is 0 Å². The summed E-state index contributed by atoms with van der Waals surface area (Å²) in [7, 11) is 1.57. The Bertz CT molecular complexity index is 1120. The van der Waals surface area contributed by atoms with Crippen molar-refractivity contribution in [1.82, 2.24) is 15.0 Å². The van der Waals surface area contributed by atoms with Crippen LogP contribution in [0.5, 0.6) is 5.75 Å². The van der Waals surface area contributed by atoms with Gasteiger partial charge in [-0.1, -0.05) is 0 Å². The smallest absolute Gasteiger partial charge is 0.434 e. The normalized spacial score (nSPS) is 20.8. The third-order valence-corrected chi connectivity index (χ3v) is 6.19. The van der Waals surface area contributed by atoms with E-state index in [9.17, 15) is 18.0 Å². The molecule has 180 valence electrons.